The maximum Gasteiger partial charge on any atom is 0.219 e. The fourth-order valence-electron chi connectivity index (χ4n) is 1.45. The lowest BCUT2D eigenvalue weighted by molar-refractivity contribution is -0.129. The summed E-state index contributed by atoms with van der Waals surface area (Å²) in [6.45, 7) is 7.74. The van der Waals surface area contributed by atoms with E-state index in [1.54, 1.807) is 23.2 Å². The van der Waals surface area contributed by atoms with Gasteiger partial charge in [-0.05, 0) is 20.3 Å². The van der Waals surface area contributed by atoms with Crippen LogP contribution in [-0.2, 0) is 11.2 Å². The second kappa shape index (κ2) is 4.75. The maximum atomic E-state index is 11.3. The molecule has 1 aromatic heterocycles. The van der Waals surface area contributed by atoms with Crippen LogP contribution >= 0.6 is 11.3 Å². The average molecular weight is 226 g/mol. The molecule has 0 aliphatic carbocycles. The van der Waals surface area contributed by atoms with Gasteiger partial charge in [-0.15, -0.1) is 11.3 Å². The number of carbonyl (C=O) groups excluding carboxylic acids is 1. The van der Waals surface area contributed by atoms with Crippen molar-refractivity contribution in [3.05, 3.63) is 15.6 Å². The highest BCUT2D eigenvalue weighted by atomic mass is 32.1. The summed E-state index contributed by atoms with van der Waals surface area (Å²) in [5.74, 6) is 0.0911. The van der Waals surface area contributed by atoms with E-state index in [4.69, 9.17) is 0 Å². The number of carbonyl (C=O) groups is 1. The van der Waals surface area contributed by atoms with E-state index in [-0.39, 0.29) is 11.9 Å². The van der Waals surface area contributed by atoms with E-state index in [2.05, 4.69) is 11.9 Å². The highest BCUT2D eigenvalue weighted by Crippen LogP contribution is 2.28. The van der Waals surface area contributed by atoms with E-state index in [0.717, 1.165) is 17.1 Å². The molecular weight excluding hydrogens is 208 g/mol. The first-order valence-electron chi connectivity index (χ1n) is 5.17. The average Bonchev–Trinajstić information content (AvgIpc) is 2.57. The first-order chi connectivity index (χ1) is 6.97. The summed E-state index contributed by atoms with van der Waals surface area (Å²) in [7, 11) is 1.83. The molecule has 0 spiro atoms. The van der Waals surface area contributed by atoms with Crippen LogP contribution in [0.25, 0.3) is 0 Å². The predicted molar refractivity (Wildman–Crippen MR) is 63.1 cm³/mol. The zero-order valence-electron chi connectivity index (χ0n) is 10.00. The molecule has 4 heteroatoms. The Balaban J connectivity index is 2.94. The molecule has 1 heterocycles. The Hall–Kier alpha value is -0.900. The topological polar surface area (TPSA) is 33.2 Å². The smallest absolute Gasteiger partial charge is 0.219 e. The highest BCUT2D eigenvalue weighted by molar-refractivity contribution is 7.11. The predicted octanol–water partition coefficient (Wildman–Crippen LogP) is 2.55. The van der Waals surface area contributed by atoms with Gasteiger partial charge in [-0.25, -0.2) is 4.98 Å². The van der Waals surface area contributed by atoms with Crippen molar-refractivity contribution >= 4 is 17.2 Å². The van der Waals surface area contributed by atoms with Crippen molar-refractivity contribution in [3.8, 4) is 0 Å². The molecule has 0 saturated carbocycles. The highest BCUT2D eigenvalue weighted by Gasteiger charge is 2.19. The molecule has 0 fully saturated rings. The molecule has 1 aromatic rings. The van der Waals surface area contributed by atoms with E-state index in [1.165, 1.54) is 4.88 Å². The first kappa shape index (κ1) is 12.2. The molecule has 1 atom stereocenters. The molecule has 0 aromatic carbocycles. The van der Waals surface area contributed by atoms with Crippen molar-refractivity contribution in [1.82, 2.24) is 9.88 Å². The second-order valence-electron chi connectivity index (χ2n) is 3.72. The minimum Gasteiger partial charge on any atom is -0.338 e. The Morgan fingerprint density at radius 1 is 1.60 bits per heavy atom. The largest absolute Gasteiger partial charge is 0.338 e. The van der Waals surface area contributed by atoms with Crippen LogP contribution in [0.3, 0.4) is 0 Å². The minimum atomic E-state index is 0.0911. The van der Waals surface area contributed by atoms with E-state index >= 15 is 0 Å². The number of hydrogen-bond donors (Lipinski definition) is 0. The van der Waals surface area contributed by atoms with Crippen molar-refractivity contribution in [1.29, 1.82) is 0 Å². The number of hydrogen-bond acceptors (Lipinski definition) is 3. The molecule has 1 amide bonds. The summed E-state index contributed by atoms with van der Waals surface area (Å²) in [6, 6.07) is 0.125. The van der Waals surface area contributed by atoms with Crippen LogP contribution in [0.1, 0.15) is 42.4 Å². The van der Waals surface area contributed by atoms with Crippen molar-refractivity contribution in [2.45, 2.75) is 40.2 Å². The third-order valence-electron chi connectivity index (χ3n) is 2.64. The molecule has 0 aliphatic rings. The monoisotopic (exact) mass is 226 g/mol. The molecule has 0 N–H and O–H groups in total. The SMILES string of the molecule is CCc1nc(C)c(C(C)N(C)C(C)=O)s1. The second-order valence-corrected chi connectivity index (χ2v) is 4.83. The summed E-state index contributed by atoms with van der Waals surface area (Å²) >= 11 is 1.71. The van der Waals surface area contributed by atoms with Gasteiger partial charge in [0.15, 0.2) is 0 Å². The minimum absolute atomic E-state index is 0.0911. The van der Waals surface area contributed by atoms with Gasteiger partial charge in [0.2, 0.25) is 5.91 Å². The van der Waals surface area contributed by atoms with E-state index < -0.39 is 0 Å². The van der Waals surface area contributed by atoms with Gasteiger partial charge in [0.05, 0.1) is 16.7 Å². The molecular formula is C11H18N2OS. The van der Waals surface area contributed by atoms with Gasteiger partial charge in [0, 0.05) is 18.8 Å². The molecule has 0 bridgehead atoms. The number of aryl methyl sites for hydroxylation is 2. The van der Waals surface area contributed by atoms with Crippen LogP contribution in [0, 0.1) is 6.92 Å². The standard InChI is InChI=1S/C11H18N2OS/c1-6-10-12-7(2)11(15-10)8(3)13(5)9(4)14/h8H,6H2,1-5H3. The fourth-order valence-corrected chi connectivity index (χ4v) is 2.56. The Morgan fingerprint density at radius 2 is 2.20 bits per heavy atom. The number of aromatic nitrogens is 1. The Morgan fingerprint density at radius 3 is 2.60 bits per heavy atom. The van der Waals surface area contributed by atoms with Crippen LogP contribution in [-0.4, -0.2) is 22.8 Å². The number of amides is 1. The normalized spacial score (nSPS) is 12.6. The van der Waals surface area contributed by atoms with Crippen LogP contribution in [0.5, 0.6) is 0 Å². The first-order valence-corrected chi connectivity index (χ1v) is 5.98. The van der Waals surface area contributed by atoms with E-state index in [1.807, 2.05) is 20.9 Å². The summed E-state index contributed by atoms with van der Waals surface area (Å²) in [5, 5.41) is 1.14. The van der Waals surface area contributed by atoms with Crippen molar-refractivity contribution in [2.75, 3.05) is 7.05 Å². The summed E-state index contributed by atoms with van der Waals surface area (Å²) in [4.78, 5) is 18.7. The van der Waals surface area contributed by atoms with Crippen molar-refractivity contribution in [2.24, 2.45) is 0 Å². The molecule has 0 aliphatic heterocycles. The van der Waals surface area contributed by atoms with E-state index in [0.29, 0.717) is 0 Å². The van der Waals surface area contributed by atoms with Crippen molar-refractivity contribution < 1.29 is 4.79 Å². The zero-order valence-corrected chi connectivity index (χ0v) is 10.8. The summed E-state index contributed by atoms with van der Waals surface area (Å²) in [6.07, 6.45) is 0.960. The van der Waals surface area contributed by atoms with Crippen molar-refractivity contribution in [3.63, 3.8) is 0 Å². The summed E-state index contributed by atoms with van der Waals surface area (Å²) < 4.78 is 0. The molecule has 1 rings (SSSR count). The van der Waals surface area contributed by atoms with Gasteiger partial charge < -0.3 is 4.90 Å². The third-order valence-corrected chi connectivity index (χ3v) is 4.11. The van der Waals surface area contributed by atoms with Gasteiger partial charge in [-0.2, -0.15) is 0 Å². The summed E-state index contributed by atoms with van der Waals surface area (Å²) in [5.41, 5.74) is 1.05. The van der Waals surface area contributed by atoms with Gasteiger partial charge in [0.25, 0.3) is 0 Å². The number of rotatable bonds is 3. The lowest BCUT2D eigenvalue weighted by Gasteiger charge is -2.22. The molecule has 3 nitrogen and oxygen atoms in total. The van der Waals surface area contributed by atoms with Crippen LogP contribution in [0.4, 0.5) is 0 Å². The fraction of sp³-hybridized carbons (Fsp3) is 0.636. The Labute approximate surface area is 95.1 Å². The van der Waals surface area contributed by atoms with Gasteiger partial charge in [-0.1, -0.05) is 6.92 Å². The quantitative estimate of drug-likeness (QED) is 0.793. The molecule has 1 unspecified atom stereocenters. The van der Waals surface area contributed by atoms with Crippen LogP contribution in [0.2, 0.25) is 0 Å². The maximum absolute atomic E-state index is 11.3. The van der Waals surface area contributed by atoms with Gasteiger partial charge >= 0.3 is 0 Å². The lowest BCUT2D eigenvalue weighted by atomic mass is 10.2. The van der Waals surface area contributed by atoms with Gasteiger partial charge in [0.1, 0.15) is 0 Å². The van der Waals surface area contributed by atoms with Crippen LogP contribution < -0.4 is 0 Å². The molecule has 0 saturated heterocycles. The Kier molecular flexibility index (Phi) is 3.85. The third kappa shape index (κ3) is 2.56. The molecule has 0 radical (unpaired) electrons. The number of nitrogens with zero attached hydrogens (tertiary/aromatic N) is 2. The van der Waals surface area contributed by atoms with Crippen LogP contribution in [0.15, 0.2) is 0 Å². The van der Waals surface area contributed by atoms with E-state index in [9.17, 15) is 4.79 Å². The van der Waals surface area contributed by atoms with Gasteiger partial charge in [-0.3, -0.25) is 4.79 Å². The number of thiazole rings is 1. The molecule has 15 heavy (non-hydrogen) atoms. The lowest BCUT2D eigenvalue weighted by Crippen LogP contribution is -2.26. The Bertz CT molecular complexity index is 359. The molecule has 84 valence electrons. The zero-order chi connectivity index (χ0) is 11.6.